The lowest BCUT2D eigenvalue weighted by molar-refractivity contribution is 0.628. The summed E-state index contributed by atoms with van der Waals surface area (Å²) in [7, 11) is 0. The van der Waals surface area contributed by atoms with Gasteiger partial charge in [-0.3, -0.25) is 9.89 Å². The van der Waals surface area contributed by atoms with E-state index in [9.17, 15) is 9.18 Å². The number of aromatic nitrogens is 4. The smallest absolute Gasteiger partial charge is 0.263 e. The fourth-order valence-corrected chi connectivity index (χ4v) is 2.33. The van der Waals surface area contributed by atoms with Crippen molar-refractivity contribution in [2.24, 2.45) is 0 Å². The molecule has 0 fully saturated rings. The quantitative estimate of drug-likeness (QED) is 0.703. The minimum Gasteiger partial charge on any atom is -0.306 e. The first-order valence-corrected chi connectivity index (χ1v) is 6.70. The summed E-state index contributed by atoms with van der Waals surface area (Å²) in [6.07, 6.45) is 1.84. The van der Waals surface area contributed by atoms with E-state index in [0.29, 0.717) is 27.4 Å². The van der Waals surface area contributed by atoms with Gasteiger partial charge in [-0.25, -0.2) is 9.37 Å². The molecule has 3 aromatic rings. The van der Waals surface area contributed by atoms with E-state index >= 15 is 0 Å². The van der Waals surface area contributed by atoms with E-state index in [2.05, 4.69) is 20.2 Å². The molecule has 19 heavy (non-hydrogen) atoms. The Kier molecular flexibility index (Phi) is 2.83. The highest BCUT2D eigenvalue weighted by molar-refractivity contribution is 7.98. The second-order valence-electron chi connectivity index (χ2n) is 3.88. The molecule has 0 saturated heterocycles. The van der Waals surface area contributed by atoms with Crippen LogP contribution in [0, 0.1) is 5.82 Å². The predicted molar refractivity (Wildman–Crippen MR) is 71.7 cm³/mol. The fourth-order valence-electron chi connectivity index (χ4n) is 1.80. The van der Waals surface area contributed by atoms with E-state index in [1.807, 2.05) is 6.26 Å². The lowest BCUT2D eigenvalue weighted by Crippen LogP contribution is -2.09. The van der Waals surface area contributed by atoms with Gasteiger partial charge in [-0.15, -0.1) is 11.8 Å². The second-order valence-corrected chi connectivity index (χ2v) is 4.67. The number of fused-ring (bicyclic) bond motifs is 1. The molecule has 0 bridgehead atoms. The Labute approximate surface area is 111 Å². The van der Waals surface area contributed by atoms with Gasteiger partial charge in [0.1, 0.15) is 22.1 Å². The molecular formula is C12H9FN4OS. The number of benzene rings is 1. The zero-order valence-corrected chi connectivity index (χ0v) is 10.7. The van der Waals surface area contributed by atoms with Crippen molar-refractivity contribution in [1.82, 2.24) is 20.2 Å². The van der Waals surface area contributed by atoms with Crippen LogP contribution >= 0.6 is 11.8 Å². The fraction of sp³-hybridized carbons (Fsp3) is 0.0833. The van der Waals surface area contributed by atoms with Crippen molar-refractivity contribution in [1.29, 1.82) is 0 Å². The van der Waals surface area contributed by atoms with Crippen molar-refractivity contribution in [2.75, 3.05) is 6.26 Å². The monoisotopic (exact) mass is 276 g/mol. The number of nitrogens with one attached hydrogen (secondary N) is 2. The minimum atomic E-state index is -0.335. The number of thioether (sulfide) groups is 1. The highest BCUT2D eigenvalue weighted by atomic mass is 32.2. The van der Waals surface area contributed by atoms with Crippen molar-refractivity contribution in [3.8, 4) is 11.4 Å². The van der Waals surface area contributed by atoms with Crippen LogP contribution in [-0.2, 0) is 0 Å². The minimum absolute atomic E-state index is 0.262. The Morgan fingerprint density at radius 1 is 1.26 bits per heavy atom. The molecule has 2 aromatic heterocycles. The third-order valence-electron chi connectivity index (χ3n) is 2.71. The van der Waals surface area contributed by atoms with E-state index in [4.69, 9.17) is 0 Å². The number of hydrogen-bond donors (Lipinski definition) is 2. The van der Waals surface area contributed by atoms with Crippen LogP contribution in [0.3, 0.4) is 0 Å². The molecule has 0 aliphatic heterocycles. The Morgan fingerprint density at radius 3 is 2.68 bits per heavy atom. The number of rotatable bonds is 2. The lowest BCUT2D eigenvalue weighted by atomic mass is 10.2. The van der Waals surface area contributed by atoms with E-state index < -0.39 is 0 Å². The van der Waals surface area contributed by atoms with Gasteiger partial charge in [0.15, 0.2) is 5.65 Å². The number of H-pyrrole nitrogens is 2. The first-order valence-electron chi connectivity index (χ1n) is 5.47. The molecule has 1 aromatic carbocycles. The molecule has 96 valence electrons. The molecule has 0 atom stereocenters. The Hall–Kier alpha value is -2.15. The van der Waals surface area contributed by atoms with Crippen LogP contribution in [0.15, 0.2) is 34.1 Å². The first kappa shape index (κ1) is 11.9. The second kappa shape index (κ2) is 4.51. The molecule has 0 spiro atoms. The summed E-state index contributed by atoms with van der Waals surface area (Å²) in [5.41, 5.74) is 0.801. The predicted octanol–water partition coefficient (Wildman–Crippen LogP) is 2.17. The van der Waals surface area contributed by atoms with Crippen molar-refractivity contribution in [2.45, 2.75) is 5.03 Å². The van der Waals surface area contributed by atoms with Crippen LogP contribution < -0.4 is 5.56 Å². The summed E-state index contributed by atoms with van der Waals surface area (Å²) < 4.78 is 12.9. The van der Waals surface area contributed by atoms with Gasteiger partial charge in [0, 0.05) is 5.56 Å². The normalized spacial score (nSPS) is 11.1. The van der Waals surface area contributed by atoms with Crippen molar-refractivity contribution >= 4 is 22.8 Å². The molecule has 2 heterocycles. The molecule has 2 N–H and O–H groups in total. The van der Waals surface area contributed by atoms with Crippen molar-refractivity contribution in [3.05, 3.63) is 40.4 Å². The van der Waals surface area contributed by atoms with Gasteiger partial charge >= 0.3 is 0 Å². The number of aromatic amines is 2. The van der Waals surface area contributed by atoms with Crippen molar-refractivity contribution < 1.29 is 4.39 Å². The van der Waals surface area contributed by atoms with Gasteiger partial charge in [0.05, 0.1) is 0 Å². The Bertz CT molecular complexity index is 794. The van der Waals surface area contributed by atoms with Crippen molar-refractivity contribution in [3.63, 3.8) is 0 Å². The summed E-state index contributed by atoms with van der Waals surface area (Å²) in [6.45, 7) is 0. The van der Waals surface area contributed by atoms with Gasteiger partial charge in [-0.05, 0) is 30.5 Å². The molecule has 3 rings (SSSR count). The summed E-state index contributed by atoms with van der Waals surface area (Å²) in [4.78, 5) is 19.0. The van der Waals surface area contributed by atoms with Crippen LogP contribution in [0.2, 0.25) is 0 Å². The average molecular weight is 276 g/mol. The summed E-state index contributed by atoms with van der Waals surface area (Å²) in [6, 6.07) is 5.76. The zero-order chi connectivity index (χ0) is 13.4. The largest absolute Gasteiger partial charge is 0.306 e. The highest BCUT2D eigenvalue weighted by Gasteiger charge is 2.12. The van der Waals surface area contributed by atoms with Gasteiger partial charge in [0.2, 0.25) is 0 Å². The molecule has 7 heteroatoms. The average Bonchev–Trinajstić information content (AvgIpc) is 2.83. The topological polar surface area (TPSA) is 74.4 Å². The van der Waals surface area contributed by atoms with E-state index in [1.54, 1.807) is 12.1 Å². The van der Waals surface area contributed by atoms with Crippen LogP contribution in [0.4, 0.5) is 4.39 Å². The molecule has 0 saturated carbocycles. The summed E-state index contributed by atoms with van der Waals surface area (Å²) in [5.74, 6) is 0.0483. The molecule has 0 unspecified atom stereocenters. The maximum atomic E-state index is 12.9. The lowest BCUT2D eigenvalue weighted by Gasteiger charge is -2.00. The molecule has 0 radical (unpaired) electrons. The standard InChI is InChI=1S/C12H9FN4OS/c1-19-12-8-10(16-17-12)14-9(15-11(8)18)6-2-4-7(13)5-3-6/h2-5H,1H3,(H2,14,15,16,17,18). The maximum Gasteiger partial charge on any atom is 0.263 e. The van der Waals surface area contributed by atoms with Gasteiger partial charge in [-0.1, -0.05) is 0 Å². The Morgan fingerprint density at radius 2 is 2.00 bits per heavy atom. The van der Waals surface area contributed by atoms with E-state index in [-0.39, 0.29) is 11.4 Å². The van der Waals surface area contributed by atoms with Crippen LogP contribution in [0.1, 0.15) is 0 Å². The van der Waals surface area contributed by atoms with E-state index in [0.717, 1.165) is 0 Å². The van der Waals surface area contributed by atoms with Gasteiger partial charge in [-0.2, -0.15) is 5.10 Å². The number of nitrogens with zero attached hydrogens (tertiary/aromatic N) is 2. The van der Waals surface area contributed by atoms with Crippen LogP contribution in [0.25, 0.3) is 22.4 Å². The molecular weight excluding hydrogens is 267 g/mol. The SMILES string of the molecule is CSc1n[nH]c2nc(-c3ccc(F)cc3)[nH]c(=O)c12. The number of hydrogen-bond acceptors (Lipinski definition) is 4. The third-order valence-corrected chi connectivity index (χ3v) is 3.39. The maximum absolute atomic E-state index is 12.9. The Balaban J connectivity index is 2.21. The van der Waals surface area contributed by atoms with Crippen LogP contribution in [0.5, 0.6) is 0 Å². The molecule has 5 nitrogen and oxygen atoms in total. The van der Waals surface area contributed by atoms with Gasteiger partial charge in [0.25, 0.3) is 5.56 Å². The summed E-state index contributed by atoms with van der Waals surface area (Å²) in [5, 5.41) is 7.79. The summed E-state index contributed by atoms with van der Waals surface area (Å²) >= 11 is 1.37. The zero-order valence-electron chi connectivity index (χ0n) is 9.90. The molecule has 0 aliphatic carbocycles. The molecule has 0 amide bonds. The first-order chi connectivity index (χ1) is 9.19. The van der Waals surface area contributed by atoms with E-state index in [1.165, 1.54) is 23.9 Å². The highest BCUT2D eigenvalue weighted by Crippen LogP contribution is 2.21. The number of halogens is 1. The van der Waals surface area contributed by atoms with Crippen LogP contribution in [-0.4, -0.2) is 26.4 Å². The third kappa shape index (κ3) is 2.01. The van der Waals surface area contributed by atoms with Gasteiger partial charge < -0.3 is 4.98 Å². The molecule has 0 aliphatic rings.